The summed E-state index contributed by atoms with van der Waals surface area (Å²) < 4.78 is 27.0. The van der Waals surface area contributed by atoms with Crippen LogP contribution in [0.1, 0.15) is 111 Å². The molecule has 0 spiro atoms. The average molecular weight is 605 g/mol. The van der Waals surface area contributed by atoms with E-state index >= 15 is 4.39 Å². The Balaban J connectivity index is 1.87. The van der Waals surface area contributed by atoms with Gasteiger partial charge in [0.05, 0.1) is 28.9 Å². The molecule has 0 heterocycles. The van der Waals surface area contributed by atoms with Gasteiger partial charge >= 0.3 is 17.9 Å². The molecule has 3 rings (SSSR count). The molecular weight excluding hydrogens is 559 g/mol. The molecule has 7 heteroatoms. The number of hydrogen-bond acceptors (Lipinski definition) is 5. The number of carboxylic acids is 1. The number of aromatic carboxylic acids is 1. The van der Waals surface area contributed by atoms with Gasteiger partial charge < -0.3 is 14.6 Å². The number of carboxylic acid groups (broad SMARTS) is 1. The number of carbonyl (C=O) groups excluding carboxylic acids is 2. The van der Waals surface area contributed by atoms with Crippen molar-refractivity contribution in [2.45, 2.75) is 92.3 Å². The lowest BCUT2D eigenvalue weighted by molar-refractivity contribution is 0.0275. The smallest absolute Gasteiger partial charge is 0.338 e. The van der Waals surface area contributed by atoms with Gasteiger partial charge in [-0.25, -0.2) is 18.8 Å². The first-order valence-electron chi connectivity index (χ1n) is 15.7. The highest BCUT2D eigenvalue weighted by Crippen LogP contribution is 2.36. The van der Waals surface area contributed by atoms with Gasteiger partial charge in [0.15, 0.2) is 0 Å². The molecule has 236 valence electrons. The fourth-order valence-electron chi connectivity index (χ4n) is 5.60. The van der Waals surface area contributed by atoms with E-state index in [1.807, 2.05) is 13.8 Å². The van der Waals surface area contributed by atoms with E-state index in [-0.39, 0.29) is 17.8 Å². The molecule has 0 aliphatic carbocycles. The maximum absolute atomic E-state index is 15.7. The van der Waals surface area contributed by atoms with Crippen LogP contribution in [0.25, 0.3) is 22.3 Å². The number of benzene rings is 3. The quantitative estimate of drug-likeness (QED) is 0.174. The van der Waals surface area contributed by atoms with E-state index < -0.39 is 29.3 Å². The second-order valence-electron chi connectivity index (χ2n) is 11.6. The van der Waals surface area contributed by atoms with E-state index in [0.29, 0.717) is 39.7 Å². The van der Waals surface area contributed by atoms with Crippen molar-refractivity contribution in [2.75, 3.05) is 0 Å². The lowest BCUT2D eigenvalue weighted by atomic mass is 9.91. The lowest BCUT2D eigenvalue weighted by Gasteiger charge is -2.19. The fourth-order valence-corrected chi connectivity index (χ4v) is 5.60. The first-order valence-corrected chi connectivity index (χ1v) is 15.7. The predicted octanol–water partition coefficient (Wildman–Crippen LogP) is 9.60. The molecular formula is C37H45FO6. The fraction of sp³-hybridized carbons (Fsp3) is 0.432. The summed E-state index contributed by atoms with van der Waals surface area (Å²) in [5.41, 5.74) is 1.76. The Labute approximate surface area is 260 Å². The zero-order chi connectivity index (χ0) is 32.4. The molecule has 3 aromatic rings. The molecule has 0 aliphatic rings. The van der Waals surface area contributed by atoms with Crippen LogP contribution in [0.15, 0.2) is 60.7 Å². The van der Waals surface area contributed by atoms with Crippen LogP contribution in [0.5, 0.6) is 0 Å². The topological polar surface area (TPSA) is 89.9 Å². The third-order valence-corrected chi connectivity index (χ3v) is 8.47. The van der Waals surface area contributed by atoms with Gasteiger partial charge in [-0.15, -0.1) is 0 Å². The van der Waals surface area contributed by atoms with E-state index in [4.69, 9.17) is 9.47 Å². The van der Waals surface area contributed by atoms with Crippen LogP contribution in [-0.2, 0) is 9.47 Å². The van der Waals surface area contributed by atoms with Crippen LogP contribution in [0, 0.1) is 17.7 Å². The molecule has 44 heavy (non-hydrogen) atoms. The van der Waals surface area contributed by atoms with Gasteiger partial charge in [-0.1, -0.05) is 83.7 Å². The van der Waals surface area contributed by atoms with Crippen LogP contribution in [-0.4, -0.2) is 35.2 Å². The van der Waals surface area contributed by atoms with E-state index in [1.165, 1.54) is 6.07 Å². The Morgan fingerprint density at radius 3 is 1.45 bits per heavy atom. The van der Waals surface area contributed by atoms with Crippen LogP contribution >= 0.6 is 0 Å². The minimum atomic E-state index is -1.39. The van der Waals surface area contributed by atoms with Crippen LogP contribution in [0.2, 0.25) is 0 Å². The molecule has 0 saturated heterocycles. The molecule has 0 amide bonds. The minimum absolute atomic E-state index is 0.0843. The molecule has 3 aromatic carbocycles. The number of hydrogen-bond donors (Lipinski definition) is 1. The molecule has 0 aromatic heterocycles. The molecule has 0 fully saturated rings. The largest absolute Gasteiger partial charge is 0.478 e. The minimum Gasteiger partial charge on any atom is -0.478 e. The number of ether oxygens (including phenoxy) is 2. The average Bonchev–Trinajstić information content (AvgIpc) is 3.02. The number of halogens is 1. The monoisotopic (exact) mass is 604 g/mol. The molecule has 0 aliphatic heterocycles. The molecule has 0 bridgehead atoms. The zero-order valence-electron chi connectivity index (χ0n) is 26.7. The van der Waals surface area contributed by atoms with Gasteiger partial charge in [0.2, 0.25) is 0 Å². The van der Waals surface area contributed by atoms with Crippen molar-refractivity contribution >= 4 is 17.9 Å². The first-order chi connectivity index (χ1) is 21.0. The van der Waals surface area contributed by atoms with Crippen LogP contribution in [0.4, 0.5) is 4.39 Å². The Kier molecular flexibility index (Phi) is 12.7. The summed E-state index contributed by atoms with van der Waals surface area (Å²) in [7, 11) is 0. The SMILES string of the molecule is CCC(CC)C[C@@H](C)OC(=O)c1ccc(-c2ccc(C(=O)O)c(F)c2-c2ccc(C(=O)O[C@H](C)CC(CC)CC)cc2)cc1. The highest BCUT2D eigenvalue weighted by molar-refractivity contribution is 5.96. The molecule has 1 N–H and O–H groups in total. The maximum atomic E-state index is 15.7. The second-order valence-corrected chi connectivity index (χ2v) is 11.6. The van der Waals surface area contributed by atoms with Crippen molar-refractivity contribution in [3.63, 3.8) is 0 Å². The summed E-state index contributed by atoms with van der Waals surface area (Å²) in [6.45, 7) is 12.3. The third-order valence-electron chi connectivity index (χ3n) is 8.47. The van der Waals surface area contributed by atoms with Crippen molar-refractivity contribution in [1.29, 1.82) is 0 Å². The Morgan fingerprint density at radius 1 is 0.659 bits per heavy atom. The number of esters is 2. The maximum Gasteiger partial charge on any atom is 0.338 e. The Bertz CT molecular complexity index is 1410. The standard InChI is InChI=1S/C37H45FO6/c1-7-25(8-2)21-23(5)43-36(41)29-15-11-27(12-16-29)31-19-20-32(35(39)40)34(38)33(31)28-13-17-30(18-14-28)37(42)44-24(6)22-26(9-3)10-4/h11-20,23-26H,7-10,21-22H2,1-6H3,(H,39,40)/t23-,24-/m1/s1. The van der Waals surface area contributed by atoms with Gasteiger partial charge in [0.1, 0.15) is 5.82 Å². The Morgan fingerprint density at radius 2 is 1.07 bits per heavy atom. The summed E-state index contributed by atoms with van der Waals surface area (Å²) >= 11 is 0. The normalized spacial score (nSPS) is 12.7. The van der Waals surface area contributed by atoms with Gasteiger partial charge in [0.25, 0.3) is 0 Å². The van der Waals surface area contributed by atoms with E-state index in [0.717, 1.165) is 38.5 Å². The summed E-state index contributed by atoms with van der Waals surface area (Å²) in [4.78, 5) is 37.3. The van der Waals surface area contributed by atoms with Gasteiger partial charge in [-0.2, -0.15) is 0 Å². The first kappa shape index (κ1) is 34.5. The van der Waals surface area contributed by atoms with Gasteiger partial charge in [0, 0.05) is 5.56 Å². The van der Waals surface area contributed by atoms with E-state index in [1.54, 1.807) is 54.6 Å². The van der Waals surface area contributed by atoms with Crippen molar-refractivity contribution in [2.24, 2.45) is 11.8 Å². The summed E-state index contributed by atoms with van der Waals surface area (Å²) in [6.07, 6.45) is 5.20. The molecule has 0 unspecified atom stereocenters. The van der Waals surface area contributed by atoms with E-state index in [9.17, 15) is 19.5 Å². The number of carbonyl (C=O) groups is 3. The van der Waals surface area contributed by atoms with Gasteiger partial charge in [-0.05, 0) is 85.5 Å². The lowest BCUT2D eigenvalue weighted by Crippen LogP contribution is -2.18. The highest BCUT2D eigenvalue weighted by atomic mass is 19.1. The van der Waals surface area contributed by atoms with E-state index in [2.05, 4.69) is 27.7 Å². The summed E-state index contributed by atoms with van der Waals surface area (Å²) in [6, 6.07) is 15.7. The molecule has 6 nitrogen and oxygen atoms in total. The molecule has 2 atom stereocenters. The molecule has 0 saturated carbocycles. The van der Waals surface area contributed by atoms with Crippen LogP contribution in [0.3, 0.4) is 0 Å². The summed E-state index contributed by atoms with van der Waals surface area (Å²) in [5, 5.41) is 9.60. The predicted molar refractivity (Wildman–Crippen MR) is 171 cm³/mol. The van der Waals surface area contributed by atoms with Crippen molar-refractivity contribution in [3.8, 4) is 22.3 Å². The van der Waals surface area contributed by atoms with Crippen molar-refractivity contribution in [1.82, 2.24) is 0 Å². The zero-order valence-corrected chi connectivity index (χ0v) is 26.7. The number of rotatable bonds is 15. The van der Waals surface area contributed by atoms with Gasteiger partial charge in [-0.3, -0.25) is 0 Å². The highest BCUT2D eigenvalue weighted by Gasteiger charge is 2.22. The third kappa shape index (κ3) is 8.77. The summed E-state index contributed by atoms with van der Waals surface area (Å²) in [5.74, 6) is -2.20. The molecule has 0 radical (unpaired) electrons. The second kappa shape index (κ2) is 16.2. The van der Waals surface area contributed by atoms with Crippen molar-refractivity contribution < 1.29 is 33.4 Å². The Hall–Kier alpha value is -4.00. The van der Waals surface area contributed by atoms with Crippen LogP contribution < -0.4 is 0 Å². The van der Waals surface area contributed by atoms with Crippen molar-refractivity contribution in [3.05, 3.63) is 83.2 Å².